The molecule has 1 saturated heterocycles. The maximum absolute atomic E-state index is 13.4. The lowest BCUT2D eigenvalue weighted by Gasteiger charge is -2.35. The smallest absolute Gasteiger partial charge is 0.333 e. The number of thiazole rings is 1. The van der Waals surface area contributed by atoms with Gasteiger partial charge in [-0.15, -0.1) is 11.3 Å². The van der Waals surface area contributed by atoms with Gasteiger partial charge in [0.25, 0.3) is 5.12 Å². The summed E-state index contributed by atoms with van der Waals surface area (Å²) in [5.74, 6) is -1.81. The number of nitrogens with zero attached hydrogens (tertiary/aromatic N) is 1. The van der Waals surface area contributed by atoms with Crippen LogP contribution in [0.4, 0.5) is 0 Å². The minimum absolute atomic E-state index is 0.0271. The highest BCUT2D eigenvalue weighted by Gasteiger charge is 2.69. The number of rotatable bonds is 15. The quantitative estimate of drug-likeness (QED) is 0.0872. The van der Waals surface area contributed by atoms with Crippen molar-refractivity contribution in [2.75, 3.05) is 66.6 Å². The number of aromatic nitrogens is 1. The molecule has 0 radical (unpaired) electrons. The highest BCUT2D eigenvalue weighted by atomic mass is 33.1. The van der Waals surface area contributed by atoms with Crippen LogP contribution in [-0.2, 0) is 57.8 Å². The maximum atomic E-state index is 13.4. The SMILES string of the molecule is COCCOCCOCCOCCOCC(=O)O[C@@H]1/C=C(\C)CC[C@]2(CC(=O)N[C@H](C)c3nc(cs3)/C=C\C=C\C1=O)[S+]([O-])SC(=O)[C@]2(C)O. The van der Waals surface area contributed by atoms with Gasteiger partial charge in [-0.1, -0.05) is 17.7 Å². The number of hydrogen-bond donors (Lipinski definition) is 2. The number of hydrogen-bond acceptors (Lipinski definition) is 15. The lowest BCUT2D eigenvalue weighted by molar-refractivity contribution is -0.156. The van der Waals surface area contributed by atoms with Crippen molar-refractivity contribution >= 4 is 61.2 Å². The van der Waals surface area contributed by atoms with E-state index in [0.29, 0.717) is 66.7 Å². The number of carbonyl (C=O) groups excluding carboxylic acids is 4. The Bertz CT molecular complexity index is 1380. The summed E-state index contributed by atoms with van der Waals surface area (Å²) >= 11 is 1.32. The predicted octanol–water partition coefficient (Wildman–Crippen LogP) is 2.64. The molecule has 17 heteroatoms. The number of ketones is 1. The first-order chi connectivity index (χ1) is 23.9. The van der Waals surface area contributed by atoms with Gasteiger partial charge in [-0.2, -0.15) is 0 Å². The maximum Gasteiger partial charge on any atom is 0.333 e. The number of ether oxygens (including phenoxy) is 6. The molecule has 0 saturated carbocycles. The van der Waals surface area contributed by atoms with Gasteiger partial charge in [0, 0.05) is 29.1 Å². The number of fused-ring (bicyclic) bond motifs is 2. The van der Waals surface area contributed by atoms with Crippen molar-refractivity contribution in [3.8, 4) is 0 Å². The number of allylic oxidation sites excluding steroid dienone is 3. The number of aliphatic hydroxyl groups is 1. The summed E-state index contributed by atoms with van der Waals surface area (Å²) in [6.45, 7) is 7.20. The van der Waals surface area contributed by atoms with E-state index in [-0.39, 0.29) is 32.5 Å². The lowest BCUT2D eigenvalue weighted by atomic mass is 9.81. The van der Waals surface area contributed by atoms with Crippen LogP contribution < -0.4 is 5.32 Å². The number of amides is 1. The molecular weight excluding hydrogens is 713 g/mol. The van der Waals surface area contributed by atoms with Crippen molar-refractivity contribution in [1.29, 1.82) is 0 Å². The monoisotopic (exact) mass is 758 g/mol. The second-order valence-corrected chi connectivity index (χ2v) is 15.8. The fourth-order valence-corrected chi connectivity index (χ4v) is 9.60. The summed E-state index contributed by atoms with van der Waals surface area (Å²) in [6.07, 6.45) is 5.93. The zero-order valence-corrected chi connectivity index (χ0v) is 31.2. The number of methoxy groups -OCH3 is 1. The van der Waals surface area contributed by atoms with Gasteiger partial charge in [-0.25, -0.2) is 9.78 Å². The third kappa shape index (κ3) is 12.6. The molecule has 278 valence electrons. The highest BCUT2D eigenvalue weighted by Crippen LogP contribution is 2.53. The fourth-order valence-electron chi connectivity index (χ4n) is 4.86. The van der Waals surface area contributed by atoms with Gasteiger partial charge >= 0.3 is 5.97 Å². The molecule has 0 aromatic carbocycles. The minimum atomic E-state index is -2.07. The largest absolute Gasteiger partial charge is 0.604 e. The van der Waals surface area contributed by atoms with E-state index < -0.39 is 62.1 Å². The Hall–Kier alpha value is -2.45. The molecule has 50 heavy (non-hydrogen) atoms. The van der Waals surface area contributed by atoms with E-state index in [1.54, 1.807) is 38.5 Å². The normalized spacial score (nSPS) is 28.8. The number of carbonyl (C=O) groups is 4. The predicted molar refractivity (Wildman–Crippen MR) is 189 cm³/mol. The van der Waals surface area contributed by atoms with Gasteiger partial charge in [-0.3, -0.25) is 14.4 Å². The molecule has 3 rings (SSSR count). The van der Waals surface area contributed by atoms with Crippen LogP contribution in [0, 0.1) is 0 Å². The molecule has 1 unspecified atom stereocenters. The highest BCUT2D eigenvalue weighted by molar-refractivity contribution is 8.79. The van der Waals surface area contributed by atoms with E-state index in [0.717, 1.165) is 0 Å². The van der Waals surface area contributed by atoms with Crippen molar-refractivity contribution in [3.05, 3.63) is 46.0 Å². The average Bonchev–Trinajstić information content (AvgIpc) is 3.60. The van der Waals surface area contributed by atoms with Crippen LogP contribution >= 0.6 is 22.1 Å². The van der Waals surface area contributed by atoms with Crippen LogP contribution in [0.15, 0.2) is 35.3 Å². The van der Waals surface area contributed by atoms with Crippen molar-refractivity contribution < 1.29 is 57.3 Å². The third-order valence-corrected chi connectivity index (χ3v) is 12.8. The second kappa shape index (κ2) is 21.2. The van der Waals surface area contributed by atoms with E-state index >= 15 is 0 Å². The summed E-state index contributed by atoms with van der Waals surface area (Å²) in [6, 6.07) is -0.485. The first-order valence-corrected chi connectivity index (χ1v) is 19.4. The molecule has 14 nitrogen and oxygen atoms in total. The van der Waals surface area contributed by atoms with Gasteiger partial charge in [0.2, 0.25) is 5.91 Å². The minimum Gasteiger partial charge on any atom is -0.604 e. The molecule has 3 heterocycles. The van der Waals surface area contributed by atoms with E-state index in [4.69, 9.17) is 28.4 Å². The summed E-state index contributed by atoms with van der Waals surface area (Å²) in [7, 11) is 0.160. The summed E-state index contributed by atoms with van der Waals surface area (Å²) in [4.78, 5) is 56.4. The molecule has 2 bridgehead atoms. The first kappa shape index (κ1) is 42.0. The molecule has 1 aromatic heterocycles. The van der Waals surface area contributed by atoms with Crippen LogP contribution in [0.1, 0.15) is 56.8 Å². The molecule has 2 N–H and O–H groups in total. The number of esters is 1. The van der Waals surface area contributed by atoms with Gasteiger partial charge < -0.3 is 43.4 Å². The summed E-state index contributed by atoms with van der Waals surface area (Å²) in [5.41, 5.74) is -0.919. The third-order valence-electron chi connectivity index (χ3n) is 7.79. The summed E-state index contributed by atoms with van der Waals surface area (Å²) < 4.78 is 43.6. The van der Waals surface area contributed by atoms with E-state index in [1.807, 2.05) is 0 Å². The van der Waals surface area contributed by atoms with Crippen LogP contribution in [0.2, 0.25) is 0 Å². The molecule has 2 aliphatic heterocycles. The van der Waals surface area contributed by atoms with Crippen molar-refractivity contribution in [2.24, 2.45) is 0 Å². The van der Waals surface area contributed by atoms with E-state index in [9.17, 15) is 28.8 Å². The Balaban J connectivity index is 1.64. The Labute approximate surface area is 302 Å². The molecule has 1 fully saturated rings. The lowest BCUT2D eigenvalue weighted by Crippen LogP contribution is -2.56. The van der Waals surface area contributed by atoms with Gasteiger partial charge in [0.05, 0.1) is 71.0 Å². The van der Waals surface area contributed by atoms with Gasteiger partial charge in [0.15, 0.2) is 33.0 Å². The Morgan fingerprint density at radius 2 is 1.66 bits per heavy atom. The molecule has 1 amide bonds. The zero-order chi connectivity index (χ0) is 36.6. The Morgan fingerprint density at radius 3 is 2.28 bits per heavy atom. The van der Waals surface area contributed by atoms with Crippen molar-refractivity contribution in [2.45, 2.75) is 62.5 Å². The molecule has 5 atom stereocenters. The second-order valence-electron chi connectivity index (χ2n) is 11.7. The molecular formula is C33H46N2O12S3. The molecule has 1 spiro atoms. The number of nitrogens with one attached hydrogen (secondary N) is 1. The van der Waals surface area contributed by atoms with Crippen LogP contribution in [-0.4, -0.2) is 120 Å². The van der Waals surface area contributed by atoms with Crippen molar-refractivity contribution in [1.82, 2.24) is 10.3 Å². The van der Waals surface area contributed by atoms with Crippen LogP contribution in [0.3, 0.4) is 0 Å². The van der Waals surface area contributed by atoms with E-state index in [1.165, 1.54) is 36.5 Å². The Morgan fingerprint density at radius 1 is 1.04 bits per heavy atom. The standard InChI is InChI=1S/C33H46N2O12S3/c1-23-9-10-33(32(3,40)31(39)49-50(33)41)20-28(37)34-24(2)30-35-25(22-48-30)7-5-6-8-26(36)27(19-23)47-29(38)21-46-18-17-45-16-15-44-14-13-43-12-11-42-4/h5-8,19,22,24,27,40H,9-18,20-21H2,1-4H3,(H,34,37)/b7-5-,8-6+,23-19+/t24-,27-,32+,33-,50?/m1/s1. The summed E-state index contributed by atoms with van der Waals surface area (Å²) in [5, 5.41) is 15.8. The van der Waals surface area contributed by atoms with Crippen LogP contribution in [0.25, 0.3) is 6.08 Å². The average molecular weight is 759 g/mol. The molecule has 2 aliphatic rings. The molecule has 1 aromatic rings. The first-order valence-electron chi connectivity index (χ1n) is 16.1. The topological polar surface area (TPSA) is 192 Å². The van der Waals surface area contributed by atoms with E-state index in [2.05, 4.69) is 10.3 Å². The van der Waals surface area contributed by atoms with Crippen molar-refractivity contribution in [3.63, 3.8) is 0 Å². The zero-order valence-electron chi connectivity index (χ0n) is 28.7. The fraction of sp³-hybridized carbons (Fsp3) is 0.606. The van der Waals surface area contributed by atoms with Gasteiger partial charge in [-0.05, 0) is 45.4 Å². The van der Waals surface area contributed by atoms with Gasteiger partial charge in [0.1, 0.15) is 11.6 Å². The molecule has 0 aliphatic carbocycles. The Kier molecular flexibility index (Phi) is 17.8. The van der Waals surface area contributed by atoms with Crippen LogP contribution in [0.5, 0.6) is 0 Å².